The summed E-state index contributed by atoms with van der Waals surface area (Å²) in [6.45, 7) is 1.04. The Morgan fingerprint density at radius 3 is 2.70 bits per heavy atom. The van der Waals surface area contributed by atoms with Crippen LogP contribution < -0.4 is 4.74 Å². The lowest BCUT2D eigenvalue weighted by Crippen LogP contribution is -2.32. The SMILES string of the molecule is COc1ccc(F)cc1C(O)=C1C(=O)C(=O)N(CCCN(C)C)[C@H]1c1cccnc1. The van der Waals surface area contributed by atoms with Crippen molar-refractivity contribution in [2.45, 2.75) is 12.5 Å². The van der Waals surface area contributed by atoms with E-state index in [1.165, 1.54) is 24.1 Å². The van der Waals surface area contributed by atoms with E-state index < -0.39 is 29.3 Å². The Morgan fingerprint density at radius 1 is 1.30 bits per heavy atom. The number of amides is 1. The average molecular weight is 413 g/mol. The molecule has 0 aliphatic carbocycles. The maximum atomic E-state index is 13.9. The second-order valence-electron chi connectivity index (χ2n) is 7.28. The molecule has 7 nitrogen and oxygen atoms in total. The lowest BCUT2D eigenvalue weighted by atomic mass is 9.96. The van der Waals surface area contributed by atoms with Crippen LogP contribution in [0.15, 0.2) is 48.3 Å². The number of aliphatic hydroxyl groups is 1. The van der Waals surface area contributed by atoms with Gasteiger partial charge >= 0.3 is 0 Å². The highest BCUT2D eigenvalue weighted by Gasteiger charge is 2.46. The topological polar surface area (TPSA) is 83.0 Å². The fourth-order valence-electron chi connectivity index (χ4n) is 3.56. The minimum absolute atomic E-state index is 0.0117. The van der Waals surface area contributed by atoms with Crippen LogP contribution in [0.1, 0.15) is 23.6 Å². The van der Waals surface area contributed by atoms with Gasteiger partial charge < -0.3 is 19.6 Å². The van der Waals surface area contributed by atoms with Crippen LogP contribution in [-0.2, 0) is 9.59 Å². The molecule has 1 aliphatic rings. The summed E-state index contributed by atoms with van der Waals surface area (Å²) >= 11 is 0. The van der Waals surface area contributed by atoms with Crippen LogP contribution in [0.4, 0.5) is 4.39 Å². The molecule has 3 rings (SSSR count). The Hall–Kier alpha value is -3.26. The van der Waals surface area contributed by atoms with Gasteiger partial charge in [-0.1, -0.05) is 6.07 Å². The third-order valence-corrected chi connectivity index (χ3v) is 4.96. The van der Waals surface area contributed by atoms with Gasteiger partial charge in [-0.05, 0) is 56.9 Å². The Kier molecular flexibility index (Phi) is 6.47. The molecule has 1 fully saturated rings. The van der Waals surface area contributed by atoms with E-state index in [-0.39, 0.29) is 16.9 Å². The number of hydrogen-bond donors (Lipinski definition) is 1. The minimum atomic E-state index is -0.825. The normalized spacial score (nSPS) is 18.3. The number of likely N-dealkylation sites (tertiary alicyclic amines) is 1. The number of ether oxygens (including phenoxy) is 1. The van der Waals surface area contributed by atoms with E-state index in [9.17, 15) is 19.1 Å². The zero-order chi connectivity index (χ0) is 21.8. The second-order valence-corrected chi connectivity index (χ2v) is 7.28. The van der Waals surface area contributed by atoms with Gasteiger partial charge in [-0.25, -0.2) is 4.39 Å². The molecule has 1 N–H and O–H groups in total. The molecule has 2 aromatic rings. The summed E-state index contributed by atoms with van der Waals surface area (Å²) in [7, 11) is 5.22. The summed E-state index contributed by atoms with van der Waals surface area (Å²) in [5.41, 5.74) is 0.484. The van der Waals surface area contributed by atoms with Gasteiger partial charge in [0.15, 0.2) is 0 Å². The van der Waals surface area contributed by atoms with Crippen LogP contribution in [0.5, 0.6) is 5.75 Å². The van der Waals surface area contributed by atoms with Gasteiger partial charge in [0.2, 0.25) is 0 Å². The predicted molar refractivity (Wildman–Crippen MR) is 109 cm³/mol. The maximum Gasteiger partial charge on any atom is 0.295 e. The molecule has 1 atom stereocenters. The van der Waals surface area contributed by atoms with Crippen molar-refractivity contribution in [2.24, 2.45) is 0 Å². The highest BCUT2D eigenvalue weighted by Crippen LogP contribution is 2.40. The number of halogens is 1. The molecule has 0 saturated carbocycles. The van der Waals surface area contributed by atoms with E-state index in [1.54, 1.807) is 24.5 Å². The Labute approximate surface area is 174 Å². The van der Waals surface area contributed by atoms with E-state index in [0.29, 0.717) is 18.5 Å². The summed E-state index contributed by atoms with van der Waals surface area (Å²) < 4.78 is 19.1. The van der Waals surface area contributed by atoms with Crippen molar-refractivity contribution in [2.75, 3.05) is 34.3 Å². The van der Waals surface area contributed by atoms with Gasteiger partial charge in [0.05, 0.1) is 24.3 Å². The molecule has 1 aromatic heterocycles. The highest BCUT2D eigenvalue weighted by molar-refractivity contribution is 6.46. The van der Waals surface area contributed by atoms with Crippen molar-refractivity contribution in [3.05, 3.63) is 65.2 Å². The number of Topliss-reactive ketones (excluding diaryl/α,β-unsaturated/α-hetero) is 1. The van der Waals surface area contributed by atoms with Gasteiger partial charge in [0, 0.05) is 18.9 Å². The second kappa shape index (κ2) is 9.04. The van der Waals surface area contributed by atoms with Crippen LogP contribution in [0.2, 0.25) is 0 Å². The van der Waals surface area contributed by atoms with Gasteiger partial charge in [-0.2, -0.15) is 0 Å². The van der Waals surface area contributed by atoms with Crippen LogP contribution in [0, 0.1) is 5.82 Å². The first-order chi connectivity index (χ1) is 14.3. The monoisotopic (exact) mass is 413 g/mol. The number of benzene rings is 1. The van der Waals surface area contributed by atoms with E-state index in [2.05, 4.69) is 4.98 Å². The zero-order valence-corrected chi connectivity index (χ0v) is 17.1. The molecule has 0 bridgehead atoms. The molecular formula is C22H24FN3O4. The molecule has 0 spiro atoms. The van der Waals surface area contributed by atoms with Gasteiger partial charge in [0.1, 0.15) is 17.3 Å². The van der Waals surface area contributed by atoms with Crippen molar-refractivity contribution < 1.29 is 23.8 Å². The van der Waals surface area contributed by atoms with E-state index >= 15 is 0 Å². The number of ketones is 1. The smallest absolute Gasteiger partial charge is 0.295 e. The number of carbonyl (C=O) groups is 2. The van der Waals surface area contributed by atoms with Crippen molar-refractivity contribution in [1.82, 2.24) is 14.8 Å². The number of rotatable bonds is 7. The number of aromatic nitrogens is 1. The largest absolute Gasteiger partial charge is 0.507 e. The quantitative estimate of drug-likeness (QED) is 0.427. The number of hydrogen-bond acceptors (Lipinski definition) is 6. The molecule has 1 aliphatic heterocycles. The first-order valence-electron chi connectivity index (χ1n) is 9.52. The number of pyridine rings is 1. The van der Waals surface area contributed by atoms with Crippen molar-refractivity contribution in [3.8, 4) is 5.75 Å². The molecule has 30 heavy (non-hydrogen) atoms. The Morgan fingerprint density at radius 2 is 2.07 bits per heavy atom. The summed E-state index contributed by atoms with van der Waals surface area (Å²) in [5.74, 6) is -2.42. The predicted octanol–water partition coefficient (Wildman–Crippen LogP) is 2.60. The van der Waals surface area contributed by atoms with E-state index in [0.717, 1.165) is 12.6 Å². The van der Waals surface area contributed by atoms with Crippen LogP contribution in [0.3, 0.4) is 0 Å². The summed E-state index contributed by atoms with van der Waals surface area (Å²) in [6.07, 6.45) is 3.77. The number of carbonyl (C=O) groups excluding carboxylic acids is 2. The molecule has 0 radical (unpaired) electrons. The molecule has 1 amide bonds. The Bertz CT molecular complexity index is 976. The van der Waals surface area contributed by atoms with E-state index in [1.807, 2.05) is 19.0 Å². The van der Waals surface area contributed by atoms with Crippen LogP contribution in [0.25, 0.3) is 5.76 Å². The lowest BCUT2D eigenvalue weighted by Gasteiger charge is -2.25. The zero-order valence-electron chi connectivity index (χ0n) is 17.1. The summed E-state index contributed by atoms with van der Waals surface area (Å²) in [4.78, 5) is 33.2. The first kappa shape index (κ1) is 21.4. The number of methoxy groups -OCH3 is 1. The van der Waals surface area contributed by atoms with Gasteiger partial charge in [-0.3, -0.25) is 14.6 Å². The highest BCUT2D eigenvalue weighted by atomic mass is 19.1. The fourth-order valence-corrected chi connectivity index (χ4v) is 3.56. The van der Waals surface area contributed by atoms with Crippen molar-refractivity contribution in [1.29, 1.82) is 0 Å². The lowest BCUT2D eigenvalue weighted by molar-refractivity contribution is -0.139. The third kappa shape index (κ3) is 4.18. The number of aliphatic hydroxyl groups excluding tert-OH is 1. The number of nitrogens with zero attached hydrogens (tertiary/aromatic N) is 3. The van der Waals surface area contributed by atoms with E-state index in [4.69, 9.17) is 4.74 Å². The molecule has 158 valence electrons. The fraction of sp³-hybridized carbons (Fsp3) is 0.318. The molecule has 2 heterocycles. The minimum Gasteiger partial charge on any atom is -0.507 e. The van der Waals surface area contributed by atoms with Gasteiger partial charge in [0.25, 0.3) is 11.7 Å². The Balaban J connectivity index is 2.13. The molecular weight excluding hydrogens is 389 g/mol. The summed E-state index contributed by atoms with van der Waals surface area (Å²) in [6, 6.07) is 6.23. The summed E-state index contributed by atoms with van der Waals surface area (Å²) in [5, 5.41) is 11.0. The van der Waals surface area contributed by atoms with Crippen LogP contribution >= 0.6 is 0 Å². The molecule has 8 heteroatoms. The maximum absolute atomic E-state index is 13.9. The van der Waals surface area contributed by atoms with Crippen LogP contribution in [-0.4, -0.2) is 65.9 Å². The first-order valence-corrected chi connectivity index (χ1v) is 9.52. The third-order valence-electron chi connectivity index (χ3n) is 4.96. The van der Waals surface area contributed by atoms with Crippen molar-refractivity contribution in [3.63, 3.8) is 0 Å². The molecule has 1 saturated heterocycles. The van der Waals surface area contributed by atoms with Gasteiger partial charge in [-0.15, -0.1) is 0 Å². The van der Waals surface area contributed by atoms with Crippen molar-refractivity contribution >= 4 is 17.4 Å². The standard InChI is InChI=1S/C22H24FN3O4/c1-25(2)10-5-11-26-19(14-6-4-9-24-13-14)18(21(28)22(26)29)20(27)16-12-15(23)7-8-17(16)30-3/h4,6-9,12-13,19,27H,5,10-11H2,1-3H3/t19-/m0/s1. The average Bonchev–Trinajstić information content (AvgIpc) is 2.98. The molecule has 1 aromatic carbocycles. The molecule has 0 unspecified atom stereocenters.